The number of aliphatic hydroxyl groups is 1. The number of aliphatic hydroxyl groups excluding tert-OH is 1. The van der Waals surface area contributed by atoms with Gasteiger partial charge < -0.3 is 20.2 Å². The number of carbonyl (C=O) groups excluding carboxylic acids is 2. The molecule has 1 aliphatic carbocycles. The average molecular weight is 523 g/mol. The third kappa shape index (κ3) is 7.65. The third-order valence-corrected chi connectivity index (χ3v) is 6.15. The van der Waals surface area contributed by atoms with Crippen LogP contribution in [-0.4, -0.2) is 36.6 Å². The van der Waals surface area contributed by atoms with Gasteiger partial charge in [0, 0.05) is 23.4 Å². The summed E-state index contributed by atoms with van der Waals surface area (Å²) in [5.74, 6) is -0.708. The molecule has 3 N–H and O–H groups in total. The zero-order chi connectivity index (χ0) is 28.2. The Bertz CT molecular complexity index is 1300. The predicted octanol–water partition coefficient (Wildman–Crippen LogP) is 4.53. The van der Waals surface area contributed by atoms with Crippen molar-refractivity contribution in [1.29, 1.82) is 0 Å². The van der Waals surface area contributed by atoms with Gasteiger partial charge in [-0.15, -0.1) is 0 Å². The van der Waals surface area contributed by atoms with Crippen LogP contribution in [-0.2, 0) is 4.79 Å². The molecule has 0 fully saturated rings. The molecule has 1 aromatic heterocycles. The normalized spacial score (nSPS) is 14.0. The minimum Gasteiger partial charge on any atom is -0.456 e. The first-order valence-corrected chi connectivity index (χ1v) is 13.1. The summed E-state index contributed by atoms with van der Waals surface area (Å²) in [6, 6.07) is 5.39. The molecule has 38 heavy (non-hydrogen) atoms. The van der Waals surface area contributed by atoms with E-state index in [1.54, 1.807) is 12.2 Å². The Kier molecular flexibility index (Phi) is 12.0. The van der Waals surface area contributed by atoms with Gasteiger partial charge in [0.1, 0.15) is 17.0 Å². The van der Waals surface area contributed by atoms with Crippen LogP contribution in [0.3, 0.4) is 0 Å². The lowest BCUT2D eigenvalue weighted by molar-refractivity contribution is -0.118. The van der Waals surface area contributed by atoms with Gasteiger partial charge in [0.2, 0.25) is 0 Å². The van der Waals surface area contributed by atoms with Crippen molar-refractivity contribution in [3.8, 4) is 11.3 Å². The third-order valence-electron chi connectivity index (χ3n) is 6.15. The first kappa shape index (κ1) is 30.5. The van der Waals surface area contributed by atoms with E-state index in [1.165, 1.54) is 31.3 Å². The van der Waals surface area contributed by atoms with Gasteiger partial charge >= 0.3 is 0 Å². The van der Waals surface area contributed by atoms with E-state index < -0.39 is 5.82 Å². The molecule has 0 aliphatic heterocycles. The lowest BCUT2D eigenvalue weighted by Gasteiger charge is -2.19. The molecule has 204 valence electrons. The van der Waals surface area contributed by atoms with Gasteiger partial charge in [-0.3, -0.25) is 9.59 Å². The van der Waals surface area contributed by atoms with Crippen molar-refractivity contribution in [3.63, 3.8) is 0 Å². The van der Waals surface area contributed by atoms with Crippen LogP contribution in [0.25, 0.3) is 24.0 Å². The smallest absolute Gasteiger partial charge is 0.255 e. The molecule has 2 amide bonds. The second-order valence-electron chi connectivity index (χ2n) is 8.76. The molecule has 0 saturated heterocycles. The summed E-state index contributed by atoms with van der Waals surface area (Å²) in [6.45, 7) is 14.1. The molecule has 0 unspecified atom stereocenters. The van der Waals surface area contributed by atoms with Crippen molar-refractivity contribution < 1.29 is 23.5 Å². The summed E-state index contributed by atoms with van der Waals surface area (Å²) in [5, 5.41) is 15.6. The minimum atomic E-state index is -0.394. The van der Waals surface area contributed by atoms with Crippen LogP contribution in [0, 0.1) is 5.82 Å². The fourth-order valence-corrected chi connectivity index (χ4v) is 4.11. The van der Waals surface area contributed by atoms with E-state index in [4.69, 9.17) is 4.42 Å². The number of amides is 2. The number of allylic oxidation sites excluding steroid dienone is 3. The monoisotopic (exact) mass is 522 g/mol. The van der Waals surface area contributed by atoms with Gasteiger partial charge in [-0.05, 0) is 66.8 Å². The number of furan rings is 1. The zero-order valence-electron chi connectivity index (χ0n) is 22.8. The Morgan fingerprint density at radius 1 is 1.21 bits per heavy atom. The van der Waals surface area contributed by atoms with E-state index in [-0.39, 0.29) is 41.2 Å². The first-order chi connectivity index (χ1) is 18.3. The molecular formula is C31H39FN2O4. The Balaban J connectivity index is 0.00000247. The van der Waals surface area contributed by atoms with Crippen molar-refractivity contribution in [2.45, 2.75) is 58.9 Å². The topological polar surface area (TPSA) is 91.6 Å². The first-order valence-electron chi connectivity index (χ1n) is 13.1. The highest BCUT2D eigenvalue weighted by Gasteiger charge is 2.21. The molecule has 7 heteroatoms. The highest BCUT2D eigenvalue weighted by molar-refractivity contribution is 6.00. The summed E-state index contributed by atoms with van der Waals surface area (Å²) in [4.78, 5) is 25.6. The number of benzene rings is 1. The van der Waals surface area contributed by atoms with E-state index in [0.717, 1.165) is 18.4 Å². The van der Waals surface area contributed by atoms with Gasteiger partial charge in [0.05, 0.1) is 18.2 Å². The van der Waals surface area contributed by atoms with Gasteiger partial charge in [0.25, 0.3) is 11.8 Å². The Hall–Kier alpha value is -3.71. The predicted molar refractivity (Wildman–Crippen MR) is 151 cm³/mol. The molecule has 1 aromatic carbocycles. The van der Waals surface area contributed by atoms with Crippen LogP contribution < -0.4 is 21.3 Å². The van der Waals surface area contributed by atoms with Crippen molar-refractivity contribution in [3.05, 3.63) is 81.7 Å². The Morgan fingerprint density at radius 3 is 2.50 bits per heavy atom. The molecule has 1 heterocycles. The van der Waals surface area contributed by atoms with Crippen LogP contribution in [0.2, 0.25) is 0 Å². The molecule has 0 bridgehead atoms. The van der Waals surface area contributed by atoms with Crippen molar-refractivity contribution >= 4 is 24.5 Å². The maximum Gasteiger partial charge on any atom is 0.255 e. The van der Waals surface area contributed by atoms with Crippen LogP contribution >= 0.6 is 0 Å². The fourth-order valence-electron chi connectivity index (χ4n) is 4.11. The highest BCUT2D eigenvalue weighted by atomic mass is 19.1. The number of hydrogen-bond acceptors (Lipinski definition) is 4. The molecule has 2 aromatic rings. The van der Waals surface area contributed by atoms with Gasteiger partial charge in [-0.1, -0.05) is 52.8 Å². The summed E-state index contributed by atoms with van der Waals surface area (Å²) in [5.41, 5.74) is 3.09. The highest BCUT2D eigenvalue weighted by Crippen LogP contribution is 2.25. The largest absolute Gasteiger partial charge is 0.456 e. The van der Waals surface area contributed by atoms with E-state index in [1.807, 2.05) is 19.9 Å². The molecule has 3 rings (SSSR count). The summed E-state index contributed by atoms with van der Waals surface area (Å²) >= 11 is 0. The van der Waals surface area contributed by atoms with Crippen LogP contribution in [0.4, 0.5) is 4.39 Å². The number of carbonyl (C=O) groups is 2. The lowest BCUT2D eigenvalue weighted by Crippen LogP contribution is -2.38. The van der Waals surface area contributed by atoms with Gasteiger partial charge in [0.15, 0.2) is 0 Å². The number of hydrogen-bond donors (Lipinski definition) is 3. The van der Waals surface area contributed by atoms with Gasteiger partial charge in [-0.25, -0.2) is 4.39 Å². The average Bonchev–Trinajstić information content (AvgIpc) is 3.27. The van der Waals surface area contributed by atoms with Crippen LogP contribution in [0.5, 0.6) is 0 Å². The zero-order valence-corrected chi connectivity index (χ0v) is 22.8. The fraction of sp³-hybridized carbons (Fsp3) is 0.355. The van der Waals surface area contributed by atoms with Gasteiger partial charge in [-0.2, -0.15) is 0 Å². The molecule has 1 aliphatic rings. The standard InChI is InChI=1S/C29H33FN2O4.C2H6/c1-5-6-10-24(17-33)32-28(34)22-9-7-8-21(16-22)18(2)15-25-19(3)36-27(26(25)29(35)31-4)20-11-13-23(30)14-12-20;1-2/h9,11-16,24,33H,2-3,5-8,10,17H2,1,4H3,(H,31,35)(H,32,34);1-2H3/b25-15+;/t24-;/m1./s1. The van der Waals surface area contributed by atoms with E-state index in [0.29, 0.717) is 41.2 Å². The summed E-state index contributed by atoms with van der Waals surface area (Å²) < 4.78 is 19.3. The number of rotatable bonds is 10. The minimum absolute atomic E-state index is 0.110. The molecule has 0 spiro atoms. The molecule has 0 saturated carbocycles. The van der Waals surface area contributed by atoms with Crippen LogP contribution in [0.1, 0.15) is 63.2 Å². The summed E-state index contributed by atoms with van der Waals surface area (Å²) in [7, 11) is 1.52. The molecule has 0 radical (unpaired) electrons. The Morgan fingerprint density at radius 2 is 1.89 bits per heavy atom. The maximum absolute atomic E-state index is 13.4. The second-order valence-corrected chi connectivity index (χ2v) is 8.76. The number of nitrogens with one attached hydrogen (secondary N) is 2. The quantitative estimate of drug-likeness (QED) is 0.428. The maximum atomic E-state index is 13.4. The Labute approximate surface area is 224 Å². The number of unbranched alkanes of at least 4 members (excludes halogenated alkanes) is 1. The molecule has 6 nitrogen and oxygen atoms in total. The van der Waals surface area contributed by atoms with Crippen LogP contribution in [0.15, 0.2) is 64.1 Å². The lowest BCUT2D eigenvalue weighted by atomic mass is 9.93. The number of halogens is 1. The summed E-state index contributed by atoms with van der Waals surface area (Å²) in [6.07, 6.45) is 9.34. The van der Waals surface area contributed by atoms with Crippen molar-refractivity contribution in [2.24, 2.45) is 0 Å². The van der Waals surface area contributed by atoms with Crippen molar-refractivity contribution in [1.82, 2.24) is 10.6 Å². The van der Waals surface area contributed by atoms with E-state index in [2.05, 4.69) is 30.7 Å². The molecule has 1 atom stereocenters. The van der Waals surface area contributed by atoms with E-state index >= 15 is 0 Å². The molecular weight excluding hydrogens is 483 g/mol. The van der Waals surface area contributed by atoms with E-state index in [9.17, 15) is 19.1 Å². The second kappa shape index (κ2) is 14.9. The van der Waals surface area contributed by atoms with Crippen molar-refractivity contribution in [2.75, 3.05) is 13.7 Å². The SMILES string of the molecule is C=C(/C=c1/c(C(=O)NC)c(-c2ccc(F)cc2)oc1=C)C1=CC(C(=O)N[C@@H](CO)CCCC)=CCC1.CC.